The average molecular weight is 1140 g/mol. The summed E-state index contributed by atoms with van der Waals surface area (Å²) in [5, 5.41) is 40.8. The first-order chi connectivity index (χ1) is 37.8. The molecule has 1 amide bonds. The zero-order valence-electron chi connectivity index (χ0n) is 45.8. The number of carbonyl (C=O) groups excluding carboxylic acids is 7. The van der Waals surface area contributed by atoms with Gasteiger partial charge in [0.2, 0.25) is 11.6 Å². The minimum Gasteiger partial charge on any atom is -0.507 e. The average Bonchev–Trinajstić information content (AvgIpc) is 4.16. The number of aromatic amines is 1. The van der Waals surface area contributed by atoms with Crippen molar-refractivity contribution in [2.75, 3.05) is 26.1 Å². The molecule has 0 saturated carbocycles. The molecule has 1 saturated heterocycles. The van der Waals surface area contributed by atoms with Crippen LogP contribution in [0, 0.1) is 37.5 Å². The molecule has 80 heavy (non-hydrogen) atoms. The van der Waals surface area contributed by atoms with E-state index < -0.39 is 147 Å². The number of amides is 1. The molecule has 5 N–H and O–H groups in total. The van der Waals surface area contributed by atoms with Crippen molar-refractivity contribution in [1.29, 1.82) is 0 Å². The number of phenolic OH excluding ortho intramolecular Hbond substituents is 1. The van der Waals surface area contributed by atoms with Crippen molar-refractivity contribution in [3.8, 4) is 11.5 Å². The maximum absolute atomic E-state index is 14.8. The van der Waals surface area contributed by atoms with Crippen LogP contribution in [-0.2, 0) is 47.6 Å². The van der Waals surface area contributed by atoms with E-state index >= 15 is 0 Å². The monoisotopic (exact) mass is 1130 g/mol. The van der Waals surface area contributed by atoms with Gasteiger partial charge in [0.15, 0.2) is 0 Å². The largest absolute Gasteiger partial charge is 0.507 e. The maximum atomic E-state index is 14.8. The molecule has 5 aliphatic rings. The number of azide groups is 1. The smallest absolute Gasteiger partial charge is 0.330 e. The molecule has 432 valence electrons. The predicted octanol–water partition coefficient (Wildman–Crippen LogP) is 4.77. The number of nitrogens with zero attached hydrogens (tertiary/aromatic N) is 4. The van der Waals surface area contributed by atoms with Gasteiger partial charge in [-0.1, -0.05) is 51.0 Å². The van der Waals surface area contributed by atoms with E-state index in [0.717, 1.165) is 10.8 Å². The second-order valence-corrected chi connectivity index (χ2v) is 21.3. The van der Waals surface area contributed by atoms with E-state index in [2.05, 4.69) is 20.3 Å². The standard InChI is InChI=1S/C54H66N6O19S/c1-24-13-11-14-25(2)51(70)56-41-45(67)39-38(40-48(30(7)44(39)66)79-54(9,50(40)69)76-18-17-33(73-10)27(4)47(77-31(8)61)29(6)43(65)28(5)42(24)64)46(68)49(41)80-20-19-74-36(62)15-12-16-37(63)75-23-34-32(58-59-55)21-35(78-34)60-22-26(3)52(71)57-53(60)72/h11,13-14,17-18,22,24,27-29,32-35,42-43,47,64-66H,12,15-16,19-21,23H2,1-10H3,(H,56,70)(H,57,71,72)/b13-11+,18-17+,25-14-/t24-,27-,28-,29-,32-,33+,34+,35+,42+,43+,47-,54+/m1/s1. The summed E-state index contributed by atoms with van der Waals surface area (Å²) >= 11 is 0.710. The molecule has 0 spiro atoms. The molecule has 1 aliphatic carbocycles. The van der Waals surface area contributed by atoms with E-state index in [-0.39, 0.29) is 77.6 Å². The van der Waals surface area contributed by atoms with Gasteiger partial charge in [0.25, 0.3) is 17.2 Å². The summed E-state index contributed by atoms with van der Waals surface area (Å²) in [7, 11) is 1.38. The van der Waals surface area contributed by atoms with Crippen LogP contribution in [0.25, 0.3) is 10.4 Å². The van der Waals surface area contributed by atoms with Crippen LogP contribution in [0.3, 0.4) is 0 Å². The fourth-order valence-corrected chi connectivity index (χ4v) is 10.7. The van der Waals surface area contributed by atoms with Gasteiger partial charge in [-0.2, -0.15) is 0 Å². The van der Waals surface area contributed by atoms with Crippen molar-refractivity contribution in [3.63, 3.8) is 0 Å². The van der Waals surface area contributed by atoms with Crippen molar-refractivity contribution in [2.45, 2.75) is 137 Å². The number of aromatic nitrogens is 2. The molecule has 12 atom stereocenters. The number of benzene rings is 1. The summed E-state index contributed by atoms with van der Waals surface area (Å²) < 4.78 is 41.2. The van der Waals surface area contributed by atoms with Crippen LogP contribution < -0.4 is 21.3 Å². The number of H-pyrrole nitrogens is 1. The normalized spacial score (nSPS) is 29.6. The van der Waals surface area contributed by atoms with Gasteiger partial charge in [0.05, 0.1) is 52.2 Å². The third-order valence-corrected chi connectivity index (χ3v) is 15.6. The topological polar surface area (TPSA) is 360 Å². The number of methoxy groups -OCH3 is 1. The highest BCUT2D eigenvalue weighted by atomic mass is 32.2. The van der Waals surface area contributed by atoms with Crippen molar-refractivity contribution in [3.05, 3.63) is 112 Å². The Kier molecular flexibility index (Phi) is 20.3. The number of fused-ring (bicyclic) bond motifs is 14. The summed E-state index contributed by atoms with van der Waals surface area (Å²) in [6.45, 7) is 12.7. The van der Waals surface area contributed by atoms with Crippen molar-refractivity contribution in [2.24, 2.45) is 28.8 Å². The number of nitrogens with one attached hydrogen (secondary N) is 2. The lowest BCUT2D eigenvalue weighted by Gasteiger charge is -2.38. The molecule has 25 nitrogen and oxygen atoms in total. The van der Waals surface area contributed by atoms with E-state index in [1.54, 1.807) is 33.8 Å². The van der Waals surface area contributed by atoms with Crippen LogP contribution in [0.2, 0.25) is 0 Å². The van der Waals surface area contributed by atoms with Crippen LogP contribution in [0.15, 0.2) is 67.6 Å². The van der Waals surface area contributed by atoms with Gasteiger partial charge in [-0.15, -0.1) is 11.8 Å². The third-order valence-electron chi connectivity index (χ3n) is 14.5. The van der Waals surface area contributed by atoms with E-state index in [0.29, 0.717) is 11.8 Å². The lowest BCUT2D eigenvalue weighted by Crippen LogP contribution is -2.46. The highest BCUT2D eigenvalue weighted by molar-refractivity contribution is 8.04. The summed E-state index contributed by atoms with van der Waals surface area (Å²) in [5.41, 5.74) is 5.89. The summed E-state index contributed by atoms with van der Waals surface area (Å²) in [6.07, 6.45) is 1.78. The van der Waals surface area contributed by atoms with Gasteiger partial charge >= 0.3 is 29.4 Å². The first-order valence-electron chi connectivity index (χ1n) is 25.8. The van der Waals surface area contributed by atoms with Crippen molar-refractivity contribution in [1.82, 2.24) is 14.9 Å². The second kappa shape index (κ2) is 26.3. The van der Waals surface area contributed by atoms with Crippen LogP contribution >= 0.6 is 11.8 Å². The molecule has 7 rings (SSSR count). The maximum Gasteiger partial charge on any atom is 0.330 e. The molecule has 5 heterocycles. The van der Waals surface area contributed by atoms with E-state index in [4.69, 9.17) is 38.7 Å². The fourth-order valence-electron chi connectivity index (χ4n) is 9.82. The van der Waals surface area contributed by atoms with E-state index in [1.165, 1.54) is 66.2 Å². The first-order valence-corrected chi connectivity index (χ1v) is 26.7. The Balaban J connectivity index is 1.20. The molecule has 5 bridgehead atoms. The number of carbonyl (C=O) groups is 7. The van der Waals surface area contributed by atoms with Gasteiger partial charge in [-0.25, -0.2) is 4.79 Å². The molecular formula is C54H66N6O19S. The molecular weight excluding hydrogens is 1070 g/mol. The Hall–Kier alpha value is -7.35. The Labute approximate surface area is 463 Å². The number of hydrogen-bond acceptors (Lipinski definition) is 21. The van der Waals surface area contributed by atoms with Gasteiger partial charge in [0.1, 0.15) is 48.8 Å². The highest BCUT2D eigenvalue weighted by Gasteiger charge is 2.53. The summed E-state index contributed by atoms with van der Waals surface area (Å²) in [5.74, 6) is -12.0. The Morgan fingerprint density at radius 2 is 1.62 bits per heavy atom. The van der Waals surface area contributed by atoms with Crippen LogP contribution in [0.1, 0.15) is 123 Å². The molecule has 2 aromatic rings. The van der Waals surface area contributed by atoms with Crippen molar-refractivity contribution < 1.29 is 82.0 Å². The number of thioether (sulfide) groups is 1. The number of phenols is 1. The predicted molar refractivity (Wildman–Crippen MR) is 284 cm³/mol. The number of ketones is 3. The molecule has 26 heteroatoms. The number of rotatable bonds is 14. The molecule has 1 aromatic carbocycles. The number of aromatic hydroxyl groups is 1. The molecule has 0 unspecified atom stereocenters. The lowest BCUT2D eigenvalue weighted by atomic mass is 9.78. The SMILES string of the molecule is CO[C@H]1/C=C/O[C@@]2(C)Oc3c(C)c(O)c4c(c3C2=O)C(=O)C(SCCOC(=O)CCCC(=O)OC[C@@H]2O[C@H](n3cc(C)c(=O)[nH]c3=O)C[C@H]2N=[N+]=[N-])=C(NC(=O)/C(C)=C\C=C\[C@@H](C)[C@H](O)[C@@H](C)[C@H](O)[C@@H](C)[C@H](OC(C)=O)[C@@H]1C)C4=O. The second-order valence-electron chi connectivity index (χ2n) is 20.2. The number of aliphatic hydroxyl groups is 2. The minimum absolute atomic E-state index is 0.0237. The Bertz CT molecular complexity index is 3100. The van der Waals surface area contributed by atoms with E-state index in [9.17, 15) is 58.5 Å². The fraction of sp³-hybridized carbons (Fsp3) is 0.537. The summed E-state index contributed by atoms with van der Waals surface area (Å²) in [6, 6.07) is -0.824. The van der Waals surface area contributed by atoms with Gasteiger partial charge < -0.3 is 53.8 Å². The highest BCUT2D eigenvalue weighted by Crippen LogP contribution is 2.49. The number of hydrogen-bond donors (Lipinski definition) is 5. The lowest BCUT2D eigenvalue weighted by molar-refractivity contribution is -0.160. The molecule has 0 radical (unpaired) electrons. The number of allylic oxidation sites excluding steroid dienone is 4. The Morgan fingerprint density at radius 3 is 2.29 bits per heavy atom. The number of aryl methyl sites for hydroxylation is 1. The minimum atomic E-state index is -2.20. The number of aliphatic hydroxyl groups excluding tert-OH is 2. The van der Waals surface area contributed by atoms with Gasteiger partial charge in [0, 0.05) is 97.5 Å². The van der Waals surface area contributed by atoms with Crippen LogP contribution in [0.5, 0.6) is 11.5 Å². The number of ether oxygens (including phenoxy) is 7. The van der Waals surface area contributed by atoms with Crippen molar-refractivity contribution >= 4 is 52.9 Å². The van der Waals surface area contributed by atoms with Crippen LogP contribution in [-0.4, -0.2) is 134 Å². The Morgan fingerprint density at radius 1 is 0.938 bits per heavy atom. The zero-order chi connectivity index (χ0) is 59.1. The number of esters is 3. The first kappa shape index (κ1) is 61.9. The van der Waals surface area contributed by atoms with Gasteiger partial charge in [-0.05, 0) is 38.8 Å². The molecule has 1 fully saturated rings. The molecule has 4 aliphatic heterocycles. The van der Waals surface area contributed by atoms with E-state index in [1.807, 2.05) is 0 Å². The third kappa shape index (κ3) is 13.4. The van der Waals surface area contributed by atoms with Crippen LogP contribution in [0.4, 0.5) is 0 Å². The number of Topliss-reactive ketones (excluding diaryl/α,β-unsaturated/α-hetero) is 3. The van der Waals surface area contributed by atoms with Gasteiger partial charge in [-0.3, -0.25) is 47.9 Å². The molecule has 1 aromatic heterocycles. The quantitative estimate of drug-likeness (QED) is 0.0424. The summed E-state index contributed by atoms with van der Waals surface area (Å²) in [4.78, 5) is 125. The zero-order valence-corrected chi connectivity index (χ0v) is 46.7.